The van der Waals surface area contributed by atoms with Crippen molar-refractivity contribution in [1.29, 1.82) is 0 Å². The highest BCUT2D eigenvalue weighted by atomic mass is 19.1. The Morgan fingerprint density at radius 3 is 3.00 bits per heavy atom. The number of ether oxygens (including phenoxy) is 1. The normalized spacial score (nSPS) is 23.7. The molecule has 1 atom stereocenters. The zero-order valence-corrected chi connectivity index (χ0v) is 9.63. The average Bonchev–Trinajstić information content (AvgIpc) is 2.73. The van der Waals surface area contributed by atoms with Crippen LogP contribution in [0.15, 0.2) is 18.2 Å². The van der Waals surface area contributed by atoms with Gasteiger partial charge in [-0.25, -0.2) is 4.39 Å². The summed E-state index contributed by atoms with van der Waals surface area (Å²) >= 11 is 0. The molecule has 2 rings (SSSR count). The van der Waals surface area contributed by atoms with Crippen molar-refractivity contribution in [3.05, 3.63) is 29.6 Å². The van der Waals surface area contributed by atoms with E-state index in [9.17, 15) is 9.18 Å². The van der Waals surface area contributed by atoms with Crippen LogP contribution in [-0.4, -0.2) is 24.7 Å². The molecule has 4 nitrogen and oxygen atoms in total. The third-order valence-electron chi connectivity index (χ3n) is 3.02. The number of amides is 1. The topological polar surface area (TPSA) is 64.4 Å². The van der Waals surface area contributed by atoms with Gasteiger partial charge in [-0.15, -0.1) is 0 Å². The first kappa shape index (κ1) is 12.0. The van der Waals surface area contributed by atoms with Crippen molar-refractivity contribution in [3.63, 3.8) is 0 Å². The van der Waals surface area contributed by atoms with Crippen LogP contribution in [0.2, 0.25) is 0 Å². The highest BCUT2D eigenvalue weighted by Crippen LogP contribution is 2.21. The number of hydrogen-bond donors (Lipinski definition) is 2. The molecule has 1 aliphatic rings. The van der Waals surface area contributed by atoms with Gasteiger partial charge in [-0.2, -0.15) is 0 Å². The summed E-state index contributed by atoms with van der Waals surface area (Å²) in [7, 11) is 0. The van der Waals surface area contributed by atoms with E-state index in [1.807, 2.05) is 0 Å². The maximum Gasteiger partial charge on any atom is 0.246 e. The third kappa shape index (κ3) is 2.30. The Kier molecular flexibility index (Phi) is 3.13. The second-order valence-electron chi connectivity index (χ2n) is 4.33. The van der Waals surface area contributed by atoms with Gasteiger partial charge in [0, 0.05) is 17.9 Å². The van der Waals surface area contributed by atoms with Crippen LogP contribution < -0.4 is 11.1 Å². The van der Waals surface area contributed by atoms with Crippen LogP contribution in [0, 0.1) is 12.7 Å². The van der Waals surface area contributed by atoms with Crippen LogP contribution in [0.3, 0.4) is 0 Å². The molecule has 0 radical (unpaired) electrons. The highest BCUT2D eigenvalue weighted by molar-refractivity contribution is 5.98. The van der Waals surface area contributed by atoms with Crippen LogP contribution >= 0.6 is 0 Å². The summed E-state index contributed by atoms with van der Waals surface area (Å²) in [6.07, 6.45) is 0.479. The number of carbonyl (C=O) groups excluding carboxylic acids is 1. The summed E-state index contributed by atoms with van der Waals surface area (Å²) in [4.78, 5) is 12.0. The monoisotopic (exact) mass is 238 g/mol. The lowest BCUT2D eigenvalue weighted by molar-refractivity contribution is -0.121. The first-order valence-corrected chi connectivity index (χ1v) is 5.46. The molecule has 92 valence electrons. The fourth-order valence-corrected chi connectivity index (χ4v) is 1.75. The Bertz CT molecular complexity index is 442. The molecule has 1 saturated heterocycles. The molecular weight excluding hydrogens is 223 g/mol. The van der Waals surface area contributed by atoms with E-state index in [-0.39, 0.29) is 18.3 Å². The van der Waals surface area contributed by atoms with Crippen molar-refractivity contribution >= 4 is 11.6 Å². The molecule has 3 N–H and O–H groups in total. The molecular formula is C12H15FN2O2. The van der Waals surface area contributed by atoms with Crippen molar-refractivity contribution in [2.75, 3.05) is 18.5 Å². The number of rotatable bonds is 2. The summed E-state index contributed by atoms with van der Waals surface area (Å²) in [5, 5.41) is 2.65. The molecule has 0 saturated carbocycles. The molecule has 0 aromatic heterocycles. The van der Waals surface area contributed by atoms with Gasteiger partial charge in [-0.1, -0.05) is 6.07 Å². The fourth-order valence-electron chi connectivity index (χ4n) is 1.75. The summed E-state index contributed by atoms with van der Waals surface area (Å²) in [6.45, 7) is 2.29. The molecule has 17 heavy (non-hydrogen) atoms. The SMILES string of the molecule is Cc1c(F)cccc1NC(=O)C1(N)CCOC1. The molecule has 0 spiro atoms. The maximum absolute atomic E-state index is 13.3. The number of anilines is 1. The van der Waals surface area contributed by atoms with Gasteiger partial charge in [0.2, 0.25) is 5.91 Å². The molecule has 1 heterocycles. The van der Waals surface area contributed by atoms with Crippen molar-refractivity contribution < 1.29 is 13.9 Å². The predicted molar refractivity (Wildman–Crippen MR) is 62.1 cm³/mol. The molecule has 0 bridgehead atoms. The molecule has 1 unspecified atom stereocenters. The average molecular weight is 238 g/mol. The Balaban J connectivity index is 2.16. The van der Waals surface area contributed by atoms with Gasteiger partial charge in [-0.05, 0) is 25.5 Å². The molecule has 0 aliphatic carbocycles. The number of nitrogens with two attached hydrogens (primary N) is 1. The van der Waals surface area contributed by atoms with E-state index in [0.717, 1.165) is 0 Å². The lowest BCUT2D eigenvalue weighted by Crippen LogP contribution is -2.51. The number of halogens is 1. The fraction of sp³-hybridized carbons (Fsp3) is 0.417. The molecule has 1 aliphatic heterocycles. The zero-order chi connectivity index (χ0) is 12.5. The van der Waals surface area contributed by atoms with Crippen LogP contribution in [0.5, 0.6) is 0 Å². The van der Waals surface area contributed by atoms with E-state index in [0.29, 0.717) is 24.3 Å². The van der Waals surface area contributed by atoms with Gasteiger partial charge in [0.1, 0.15) is 11.4 Å². The van der Waals surface area contributed by atoms with E-state index >= 15 is 0 Å². The van der Waals surface area contributed by atoms with Gasteiger partial charge in [0.05, 0.1) is 6.61 Å². The minimum Gasteiger partial charge on any atom is -0.379 e. The molecule has 1 aromatic carbocycles. The highest BCUT2D eigenvalue weighted by Gasteiger charge is 2.38. The predicted octanol–water partition coefficient (Wildman–Crippen LogP) is 1.19. The standard InChI is InChI=1S/C12H15FN2O2/c1-8-9(13)3-2-4-10(8)15-11(16)12(14)5-6-17-7-12/h2-4H,5-7,14H2,1H3,(H,15,16). The molecule has 5 heteroatoms. The largest absolute Gasteiger partial charge is 0.379 e. The second-order valence-corrected chi connectivity index (χ2v) is 4.33. The molecule has 1 aromatic rings. The number of carbonyl (C=O) groups is 1. The third-order valence-corrected chi connectivity index (χ3v) is 3.02. The number of nitrogens with one attached hydrogen (secondary N) is 1. The van der Waals surface area contributed by atoms with Crippen molar-refractivity contribution in [3.8, 4) is 0 Å². The van der Waals surface area contributed by atoms with Gasteiger partial charge in [0.15, 0.2) is 0 Å². The smallest absolute Gasteiger partial charge is 0.246 e. The van der Waals surface area contributed by atoms with E-state index in [1.165, 1.54) is 6.07 Å². The van der Waals surface area contributed by atoms with Crippen molar-refractivity contribution in [1.82, 2.24) is 0 Å². The van der Waals surface area contributed by atoms with Gasteiger partial charge in [-0.3, -0.25) is 4.79 Å². The Labute approximate surface area is 98.9 Å². The maximum atomic E-state index is 13.3. The van der Waals surface area contributed by atoms with E-state index in [4.69, 9.17) is 10.5 Å². The minimum absolute atomic E-state index is 0.202. The van der Waals surface area contributed by atoms with Gasteiger partial charge in [0.25, 0.3) is 0 Å². The quantitative estimate of drug-likeness (QED) is 0.813. The van der Waals surface area contributed by atoms with Crippen molar-refractivity contribution in [2.24, 2.45) is 5.73 Å². The number of hydrogen-bond acceptors (Lipinski definition) is 3. The zero-order valence-electron chi connectivity index (χ0n) is 9.63. The van der Waals surface area contributed by atoms with Gasteiger partial charge >= 0.3 is 0 Å². The second kappa shape index (κ2) is 4.43. The van der Waals surface area contributed by atoms with Gasteiger partial charge < -0.3 is 15.8 Å². The van der Waals surface area contributed by atoms with E-state index in [2.05, 4.69) is 5.32 Å². The summed E-state index contributed by atoms with van der Waals surface area (Å²) in [5.41, 5.74) is 5.76. The van der Waals surface area contributed by atoms with E-state index < -0.39 is 5.54 Å². The van der Waals surface area contributed by atoms with Crippen molar-refractivity contribution in [2.45, 2.75) is 18.9 Å². The molecule has 1 amide bonds. The van der Waals surface area contributed by atoms with Crippen LogP contribution in [0.25, 0.3) is 0 Å². The Morgan fingerprint density at radius 2 is 2.35 bits per heavy atom. The lowest BCUT2D eigenvalue weighted by atomic mass is 9.99. The van der Waals surface area contributed by atoms with Crippen LogP contribution in [0.4, 0.5) is 10.1 Å². The summed E-state index contributed by atoms with van der Waals surface area (Å²) in [6, 6.07) is 4.55. The Morgan fingerprint density at radius 1 is 1.59 bits per heavy atom. The summed E-state index contributed by atoms with van der Waals surface area (Å²) < 4.78 is 18.4. The van der Waals surface area contributed by atoms with Crippen LogP contribution in [-0.2, 0) is 9.53 Å². The number of benzene rings is 1. The first-order valence-electron chi connectivity index (χ1n) is 5.46. The van der Waals surface area contributed by atoms with Crippen LogP contribution in [0.1, 0.15) is 12.0 Å². The minimum atomic E-state index is -1.00. The molecule has 1 fully saturated rings. The lowest BCUT2D eigenvalue weighted by Gasteiger charge is -2.21. The Hall–Kier alpha value is -1.46. The van der Waals surface area contributed by atoms with E-state index in [1.54, 1.807) is 19.1 Å². The summed E-state index contributed by atoms with van der Waals surface area (Å²) in [5.74, 6) is -0.680. The first-order chi connectivity index (χ1) is 8.03.